The Morgan fingerprint density at radius 2 is 1.71 bits per heavy atom. The number of piperidine rings is 1. The summed E-state index contributed by atoms with van der Waals surface area (Å²) in [6.45, 7) is 6.19. The van der Waals surface area contributed by atoms with Crippen LogP contribution in [0.4, 0.5) is 0 Å². The molecule has 4 rings (SSSR count). The number of ketones is 1. The van der Waals surface area contributed by atoms with E-state index in [0.29, 0.717) is 17.0 Å². The number of nitrogens with zero attached hydrogens (tertiary/aromatic N) is 3. The number of rotatable bonds is 6. The fourth-order valence-electron chi connectivity index (χ4n) is 4.31. The van der Waals surface area contributed by atoms with Crippen LogP contribution in [-0.2, 0) is 11.3 Å². The highest BCUT2D eigenvalue weighted by molar-refractivity contribution is 6.43. The van der Waals surface area contributed by atoms with Crippen molar-refractivity contribution in [2.24, 2.45) is 0 Å². The normalized spacial score (nSPS) is 16.8. The van der Waals surface area contributed by atoms with Gasteiger partial charge in [0.1, 0.15) is 0 Å². The largest absolute Gasteiger partial charge is 0.345 e. The molecule has 2 aromatic carbocycles. The summed E-state index contributed by atoms with van der Waals surface area (Å²) in [5.41, 5.74) is 3.75. The predicted molar refractivity (Wildman–Crippen MR) is 120 cm³/mol. The van der Waals surface area contributed by atoms with Crippen LogP contribution in [0.1, 0.15) is 40.2 Å². The lowest BCUT2D eigenvalue weighted by atomic mass is 10.0. The molecule has 6 nitrogen and oxygen atoms in total. The number of Topliss-reactive ketones (excluding diaryl/α,β-unsaturated/α-hetero) is 1. The SMILES string of the molecule is Cc1nn(-c2ccccc2)c(C)c1C(=O)C(=O)NC1CCCN(Cc2ccccc2)C1. The first-order valence-electron chi connectivity index (χ1n) is 10.8. The molecule has 0 aliphatic carbocycles. The van der Waals surface area contributed by atoms with Crippen molar-refractivity contribution in [3.63, 3.8) is 0 Å². The van der Waals surface area contributed by atoms with E-state index in [1.165, 1.54) is 5.56 Å². The topological polar surface area (TPSA) is 67.2 Å². The number of amides is 1. The highest BCUT2D eigenvalue weighted by Gasteiger charge is 2.28. The minimum atomic E-state index is -0.551. The fourth-order valence-corrected chi connectivity index (χ4v) is 4.31. The van der Waals surface area contributed by atoms with Gasteiger partial charge in [-0.1, -0.05) is 48.5 Å². The van der Waals surface area contributed by atoms with Gasteiger partial charge in [0.25, 0.3) is 11.7 Å². The molecule has 1 aliphatic rings. The molecule has 1 aliphatic heterocycles. The maximum atomic E-state index is 13.0. The molecule has 6 heteroatoms. The van der Waals surface area contributed by atoms with Crippen molar-refractivity contribution in [3.05, 3.63) is 83.2 Å². The van der Waals surface area contributed by atoms with Crippen LogP contribution in [-0.4, -0.2) is 45.5 Å². The molecule has 1 amide bonds. The molecule has 1 atom stereocenters. The Balaban J connectivity index is 1.43. The molecular formula is C25H28N4O2. The highest BCUT2D eigenvalue weighted by atomic mass is 16.2. The Bertz CT molecular complexity index is 1060. The number of carbonyl (C=O) groups excluding carboxylic acids is 2. The van der Waals surface area contributed by atoms with Gasteiger partial charge in [-0.25, -0.2) is 4.68 Å². The number of hydrogen-bond acceptors (Lipinski definition) is 4. The smallest absolute Gasteiger partial charge is 0.292 e. The van der Waals surface area contributed by atoms with Gasteiger partial charge in [-0.05, 0) is 50.9 Å². The molecule has 160 valence electrons. The molecule has 0 radical (unpaired) electrons. The number of nitrogens with one attached hydrogen (secondary N) is 1. The zero-order valence-electron chi connectivity index (χ0n) is 18.0. The van der Waals surface area contributed by atoms with E-state index in [1.807, 2.05) is 55.5 Å². The molecule has 1 N–H and O–H groups in total. The fraction of sp³-hybridized carbons (Fsp3) is 0.320. The van der Waals surface area contributed by atoms with Crippen molar-refractivity contribution in [2.75, 3.05) is 13.1 Å². The van der Waals surface area contributed by atoms with E-state index in [9.17, 15) is 9.59 Å². The van der Waals surface area contributed by atoms with Gasteiger partial charge in [-0.15, -0.1) is 0 Å². The standard InChI is InChI=1S/C25H28N4O2/c1-18-23(19(2)29(27-18)22-13-7-4-8-14-22)24(30)25(31)26-21-12-9-15-28(17-21)16-20-10-5-3-6-11-20/h3-8,10-11,13-14,21H,9,12,15-17H2,1-2H3,(H,26,31). The molecule has 1 fully saturated rings. The molecule has 31 heavy (non-hydrogen) atoms. The van der Waals surface area contributed by atoms with Gasteiger partial charge in [0.2, 0.25) is 0 Å². The summed E-state index contributed by atoms with van der Waals surface area (Å²) in [5, 5.41) is 7.47. The lowest BCUT2D eigenvalue weighted by molar-refractivity contribution is -0.118. The number of benzene rings is 2. The number of carbonyl (C=O) groups is 2. The Morgan fingerprint density at radius 1 is 1.03 bits per heavy atom. The Morgan fingerprint density at radius 3 is 2.42 bits per heavy atom. The highest BCUT2D eigenvalue weighted by Crippen LogP contribution is 2.19. The molecule has 3 aromatic rings. The van der Waals surface area contributed by atoms with Gasteiger partial charge in [-0.2, -0.15) is 5.10 Å². The first-order chi connectivity index (χ1) is 15.0. The van der Waals surface area contributed by atoms with E-state index in [4.69, 9.17) is 0 Å². The Hall–Kier alpha value is -3.25. The second-order valence-corrected chi connectivity index (χ2v) is 8.16. The van der Waals surface area contributed by atoms with E-state index < -0.39 is 11.7 Å². The van der Waals surface area contributed by atoms with Crippen LogP contribution in [0.15, 0.2) is 60.7 Å². The third-order valence-electron chi connectivity index (χ3n) is 5.82. The third-order valence-corrected chi connectivity index (χ3v) is 5.82. The maximum absolute atomic E-state index is 13.0. The Labute approximate surface area is 182 Å². The lowest BCUT2D eigenvalue weighted by Gasteiger charge is -2.33. The summed E-state index contributed by atoms with van der Waals surface area (Å²) < 4.78 is 1.72. The van der Waals surface area contributed by atoms with Crippen molar-refractivity contribution in [2.45, 2.75) is 39.3 Å². The molecule has 0 spiro atoms. The monoisotopic (exact) mass is 416 g/mol. The maximum Gasteiger partial charge on any atom is 0.292 e. The molecule has 1 unspecified atom stereocenters. The molecule has 2 heterocycles. The van der Waals surface area contributed by atoms with Crippen LogP contribution in [0.3, 0.4) is 0 Å². The third kappa shape index (κ3) is 4.75. The van der Waals surface area contributed by atoms with Crippen molar-refractivity contribution < 1.29 is 9.59 Å². The lowest BCUT2D eigenvalue weighted by Crippen LogP contribution is -2.49. The minimum absolute atomic E-state index is 0.0290. The van der Waals surface area contributed by atoms with Crippen LogP contribution < -0.4 is 5.32 Å². The summed E-state index contributed by atoms with van der Waals surface area (Å²) in [4.78, 5) is 28.1. The number of hydrogen-bond donors (Lipinski definition) is 1. The molecule has 1 saturated heterocycles. The second-order valence-electron chi connectivity index (χ2n) is 8.16. The van der Waals surface area contributed by atoms with Crippen LogP contribution >= 0.6 is 0 Å². The minimum Gasteiger partial charge on any atom is -0.345 e. The van der Waals surface area contributed by atoms with E-state index in [-0.39, 0.29) is 6.04 Å². The summed E-state index contributed by atoms with van der Waals surface area (Å²) in [7, 11) is 0. The van der Waals surface area contributed by atoms with Gasteiger partial charge >= 0.3 is 0 Å². The number of para-hydroxylation sites is 1. The first-order valence-corrected chi connectivity index (χ1v) is 10.8. The number of aryl methyl sites for hydroxylation is 1. The van der Waals surface area contributed by atoms with Gasteiger partial charge in [0.15, 0.2) is 0 Å². The van der Waals surface area contributed by atoms with Crippen LogP contribution in [0, 0.1) is 13.8 Å². The van der Waals surface area contributed by atoms with Gasteiger partial charge in [0, 0.05) is 19.1 Å². The van der Waals surface area contributed by atoms with Gasteiger partial charge in [0.05, 0.1) is 22.6 Å². The first kappa shape index (κ1) is 21.0. The number of likely N-dealkylation sites (tertiary alicyclic amines) is 1. The van der Waals surface area contributed by atoms with E-state index in [2.05, 4.69) is 27.4 Å². The van der Waals surface area contributed by atoms with Crippen LogP contribution in [0.2, 0.25) is 0 Å². The molecule has 0 bridgehead atoms. The average Bonchev–Trinajstić information content (AvgIpc) is 3.08. The molecule has 0 saturated carbocycles. The number of aromatic nitrogens is 2. The predicted octanol–water partition coefficient (Wildman–Crippen LogP) is 3.45. The molecule has 1 aromatic heterocycles. The second kappa shape index (κ2) is 9.27. The summed E-state index contributed by atoms with van der Waals surface area (Å²) >= 11 is 0. The molecular weight excluding hydrogens is 388 g/mol. The van der Waals surface area contributed by atoms with Crippen molar-refractivity contribution >= 4 is 11.7 Å². The van der Waals surface area contributed by atoms with Crippen molar-refractivity contribution in [1.82, 2.24) is 20.0 Å². The summed E-state index contributed by atoms with van der Waals surface area (Å²) in [6.07, 6.45) is 1.88. The van der Waals surface area contributed by atoms with Gasteiger partial charge < -0.3 is 5.32 Å². The van der Waals surface area contributed by atoms with Gasteiger partial charge in [-0.3, -0.25) is 14.5 Å². The van der Waals surface area contributed by atoms with Crippen LogP contribution in [0.25, 0.3) is 5.69 Å². The van der Waals surface area contributed by atoms with E-state index in [1.54, 1.807) is 11.6 Å². The Kier molecular flexibility index (Phi) is 6.28. The van der Waals surface area contributed by atoms with Crippen molar-refractivity contribution in [3.8, 4) is 5.69 Å². The average molecular weight is 417 g/mol. The zero-order chi connectivity index (χ0) is 21.8. The zero-order valence-corrected chi connectivity index (χ0v) is 18.0. The quantitative estimate of drug-likeness (QED) is 0.494. The van der Waals surface area contributed by atoms with E-state index >= 15 is 0 Å². The van der Waals surface area contributed by atoms with Crippen molar-refractivity contribution in [1.29, 1.82) is 0 Å². The summed E-state index contributed by atoms with van der Waals surface area (Å²) in [5.74, 6) is -1.07. The summed E-state index contributed by atoms with van der Waals surface area (Å²) in [6, 6.07) is 19.9. The van der Waals surface area contributed by atoms with E-state index in [0.717, 1.165) is 38.2 Å². The van der Waals surface area contributed by atoms with Crippen LogP contribution in [0.5, 0.6) is 0 Å².